The molecule has 0 unspecified atom stereocenters. The second-order valence-corrected chi connectivity index (χ2v) is 5.61. The third kappa shape index (κ3) is 3.51. The number of aliphatic carboxylic acids is 1. The first-order valence-electron chi connectivity index (χ1n) is 7.56. The van der Waals surface area contributed by atoms with Crippen LogP contribution in [-0.2, 0) is 11.2 Å². The zero-order chi connectivity index (χ0) is 16.2. The summed E-state index contributed by atoms with van der Waals surface area (Å²) in [5.41, 5.74) is 2.10. The lowest BCUT2D eigenvalue weighted by atomic mass is 10.1. The smallest absolute Gasteiger partial charge is 0.345 e. The molecule has 0 radical (unpaired) electrons. The van der Waals surface area contributed by atoms with E-state index >= 15 is 0 Å². The van der Waals surface area contributed by atoms with E-state index in [0.29, 0.717) is 12.2 Å². The van der Waals surface area contributed by atoms with Crippen molar-refractivity contribution >= 4 is 16.7 Å². The molecule has 3 aromatic rings. The highest BCUT2D eigenvalue weighted by molar-refractivity contribution is 5.88. The van der Waals surface area contributed by atoms with E-state index in [2.05, 4.69) is 0 Å². The Balaban J connectivity index is 1.87. The van der Waals surface area contributed by atoms with E-state index in [1.807, 2.05) is 73.7 Å². The van der Waals surface area contributed by atoms with Crippen LogP contribution in [0.4, 0.5) is 0 Å². The molecule has 0 saturated carbocycles. The van der Waals surface area contributed by atoms with Crippen LogP contribution < -0.4 is 4.74 Å². The zero-order valence-electron chi connectivity index (χ0n) is 12.9. The summed E-state index contributed by atoms with van der Waals surface area (Å²) in [6.45, 7) is 2.01. The molecule has 0 aliphatic rings. The lowest BCUT2D eigenvalue weighted by Gasteiger charge is -2.17. The van der Waals surface area contributed by atoms with E-state index in [4.69, 9.17) is 4.74 Å². The lowest BCUT2D eigenvalue weighted by molar-refractivity contribution is -0.144. The van der Waals surface area contributed by atoms with Gasteiger partial charge in [0.2, 0.25) is 0 Å². The number of ether oxygens (including phenoxy) is 1. The van der Waals surface area contributed by atoms with E-state index in [1.165, 1.54) is 0 Å². The van der Waals surface area contributed by atoms with Gasteiger partial charge in [0.05, 0.1) is 0 Å². The Labute approximate surface area is 135 Å². The van der Waals surface area contributed by atoms with Gasteiger partial charge in [-0.25, -0.2) is 4.79 Å². The Morgan fingerprint density at radius 3 is 2.43 bits per heavy atom. The molecule has 3 nitrogen and oxygen atoms in total. The van der Waals surface area contributed by atoms with Crippen LogP contribution in [0.1, 0.15) is 11.1 Å². The van der Waals surface area contributed by atoms with Gasteiger partial charge in [0, 0.05) is 11.8 Å². The maximum atomic E-state index is 11.6. The van der Waals surface area contributed by atoms with E-state index in [1.54, 1.807) is 0 Å². The molecule has 1 N–H and O–H groups in total. The first-order chi connectivity index (χ1) is 11.1. The van der Waals surface area contributed by atoms with Crippen molar-refractivity contribution in [2.24, 2.45) is 0 Å². The van der Waals surface area contributed by atoms with Gasteiger partial charge in [0.25, 0.3) is 0 Å². The number of rotatable bonds is 5. The number of hydrogen-bond donors (Lipinski definition) is 1. The number of aryl methyl sites for hydroxylation is 1. The monoisotopic (exact) mass is 306 g/mol. The van der Waals surface area contributed by atoms with Crippen LogP contribution in [0, 0.1) is 6.92 Å². The van der Waals surface area contributed by atoms with Crippen LogP contribution in [0.2, 0.25) is 0 Å². The summed E-state index contributed by atoms with van der Waals surface area (Å²) in [5, 5.41) is 11.5. The van der Waals surface area contributed by atoms with Crippen molar-refractivity contribution in [1.82, 2.24) is 0 Å². The normalized spacial score (nSPS) is 12.0. The summed E-state index contributed by atoms with van der Waals surface area (Å²) < 4.78 is 5.82. The van der Waals surface area contributed by atoms with E-state index in [0.717, 1.165) is 21.9 Å². The van der Waals surface area contributed by atoms with Gasteiger partial charge in [-0.3, -0.25) is 0 Å². The summed E-state index contributed by atoms with van der Waals surface area (Å²) in [6, 6.07) is 21.3. The van der Waals surface area contributed by atoms with Gasteiger partial charge in [0.15, 0.2) is 6.10 Å². The fourth-order valence-electron chi connectivity index (χ4n) is 2.57. The van der Waals surface area contributed by atoms with Gasteiger partial charge in [0.1, 0.15) is 5.75 Å². The zero-order valence-corrected chi connectivity index (χ0v) is 12.9. The Morgan fingerprint density at radius 1 is 1.00 bits per heavy atom. The third-order valence-electron chi connectivity index (χ3n) is 3.84. The van der Waals surface area contributed by atoms with E-state index in [-0.39, 0.29) is 0 Å². The molecule has 0 aromatic heterocycles. The average Bonchev–Trinajstić information content (AvgIpc) is 2.56. The third-order valence-corrected chi connectivity index (χ3v) is 3.84. The van der Waals surface area contributed by atoms with Crippen molar-refractivity contribution in [1.29, 1.82) is 0 Å². The number of fused-ring (bicyclic) bond motifs is 1. The van der Waals surface area contributed by atoms with Gasteiger partial charge >= 0.3 is 5.97 Å². The topological polar surface area (TPSA) is 46.5 Å². The predicted molar refractivity (Wildman–Crippen MR) is 90.9 cm³/mol. The SMILES string of the molecule is Cc1ccc(C[C@@H](Oc2cccc3ccccc23)C(=O)O)cc1. The first kappa shape index (κ1) is 15.1. The number of carbonyl (C=O) groups is 1. The van der Waals surface area contributed by atoms with Crippen LogP contribution in [0.5, 0.6) is 5.75 Å². The number of carboxylic acid groups (broad SMARTS) is 1. The molecule has 0 saturated heterocycles. The Bertz CT molecular complexity index is 816. The second kappa shape index (κ2) is 6.53. The van der Waals surface area contributed by atoms with Crippen LogP contribution >= 0.6 is 0 Å². The number of carboxylic acids is 1. The van der Waals surface area contributed by atoms with Crippen LogP contribution in [-0.4, -0.2) is 17.2 Å². The van der Waals surface area contributed by atoms with E-state index in [9.17, 15) is 9.90 Å². The second-order valence-electron chi connectivity index (χ2n) is 5.61. The average molecular weight is 306 g/mol. The van der Waals surface area contributed by atoms with Gasteiger partial charge in [-0.15, -0.1) is 0 Å². The fourth-order valence-corrected chi connectivity index (χ4v) is 2.57. The van der Waals surface area contributed by atoms with Crippen molar-refractivity contribution in [2.45, 2.75) is 19.4 Å². The summed E-state index contributed by atoms with van der Waals surface area (Å²) in [7, 11) is 0. The standard InChI is InChI=1S/C20H18O3/c1-14-9-11-15(12-10-14)13-19(20(21)22)23-18-8-4-6-16-5-2-3-7-17(16)18/h2-12,19H,13H2,1H3,(H,21,22)/t19-/m1/s1. The summed E-state index contributed by atoms with van der Waals surface area (Å²) in [4.78, 5) is 11.6. The van der Waals surface area contributed by atoms with Gasteiger partial charge in [-0.2, -0.15) is 0 Å². The molecular weight excluding hydrogens is 288 g/mol. The molecule has 116 valence electrons. The van der Waals surface area contributed by atoms with Gasteiger partial charge in [-0.05, 0) is 23.9 Å². The lowest BCUT2D eigenvalue weighted by Crippen LogP contribution is -2.29. The molecule has 0 bridgehead atoms. The Morgan fingerprint density at radius 2 is 1.70 bits per heavy atom. The quantitative estimate of drug-likeness (QED) is 0.767. The fraction of sp³-hybridized carbons (Fsp3) is 0.150. The van der Waals surface area contributed by atoms with Crippen LogP contribution in [0.15, 0.2) is 66.7 Å². The minimum Gasteiger partial charge on any atom is -0.478 e. The Kier molecular flexibility index (Phi) is 4.29. The molecule has 0 aliphatic carbocycles. The van der Waals surface area contributed by atoms with Crippen molar-refractivity contribution in [3.05, 3.63) is 77.9 Å². The molecule has 0 fully saturated rings. The molecule has 1 atom stereocenters. The predicted octanol–water partition coefficient (Wildman–Crippen LogP) is 4.22. The van der Waals surface area contributed by atoms with Crippen LogP contribution in [0.25, 0.3) is 10.8 Å². The van der Waals surface area contributed by atoms with E-state index < -0.39 is 12.1 Å². The van der Waals surface area contributed by atoms with Crippen molar-refractivity contribution in [2.75, 3.05) is 0 Å². The minimum atomic E-state index is -0.960. The highest BCUT2D eigenvalue weighted by atomic mass is 16.5. The summed E-state index contributed by atoms with van der Waals surface area (Å²) in [6.07, 6.45) is -0.581. The molecule has 0 amide bonds. The van der Waals surface area contributed by atoms with Gasteiger partial charge < -0.3 is 9.84 Å². The number of hydrogen-bond acceptors (Lipinski definition) is 2. The molecule has 0 aliphatic heterocycles. The molecule has 23 heavy (non-hydrogen) atoms. The molecule has 0 heterocycles. The molecule has 0 spiro atoms. The molecule has 3 rings (SSSR count). The summed E-state index contributed by atoms with van der Waals surface area (Å²) in [5.74, 6) is -0.360. The highest BCUT2D eigenvalue weighted by Crippen LogP contribution is 2.26. The van der Waals surface area contributed by atoms with Crippen molar-refractivity contribution < 1.29 is 14.6 Å². The van der Waals surface area contributed by atoms with Crippen molar-refractivity contribution in [3.63, 3.8) is 0 Å². The molecule has 3 aromatic carbocycles. The first-order valence-corrected chi connectivity index (χ1v) is 7.56. The number of benzene rings is 3. The summed E-state index contributed by atoms with van der Waals surface area (Å²) >= 11 is 0. The Hall–Kier alpha value is -2.81. The van der Waals surface area contributed by atoms with Gasteiger partial charge in [-0.1, -0.05) is 66.2 Å². The van der Waals surface area contributed by atoms with Crippen LogP contribution in [0.3, 0.4) is 0 Å². The largest absolute Gasteiger partial charge is 0.478 e. The highest BCUT2D eigenvalue weighted by Gasteiger charge is 2.21. The maximum absolute atomic E-state index is 11.6. The van der Waals surface area contributed by atoms with Crippen molar-refractivity contribution in [3.8, 4) is 5.75 Å². The maximum Gasteiger partial charge on any atom is 0.345 e. The molecule has 3 heteroatoms. The minimum absolute atomic E-state index is 0.332. The molecular formula is C20H18O3.